The van der Waals surface area contributed by atoms with Crippen LogP contribution in [0.5, 0.6) is 46.0 Å². The molecular formula is C48H55BrO11. The Labute approximate surface area is 359 Å². The number of halogens is 1. The number of aliphatic hydroxyl groups excluding tert-OH is 3. The minimum Gasteiger partial charge on any atom is -0.457 e. The molecule has 1 aliphatic carbocycles. The highest BCUT2D eigenvalue weighted by molar-refractivity contribution is 9.08. The SMILES string of the molecule is CCC[C@@H]1c2cc3c4c(CO)c2OCOc2c1cc1c(c2CO)OCOc2c(cc5c(c2CBr)OCOc2c(cc(c(c2CO)OCO4)[C@@H]3CCC)[C@H]5CCC)[C@@H]1CCC. The lowest BCUT2D eigenvalue weighted by atomic mass is 9.74. The summed E-state index contributed by atoms with van der Waals surface area (Å²) in [5.41, 5.74) is 10.2. The van der Waals surface area contributed by atoms with Crippen molar-refractivity contribution in [2.24, 2.45) is 0 Å². The molecule has 0 unspecified atom stereocenters. The van der Waals surface area contributed by atoms with Crippen LogP contribution in [0.25, 0.3) is 0 Å². The van der Waals surface area contributed by atoms with Crippen LogP contribution in [0.3, 0.4) is 0 Å². The molecule has 0 radical (unpaired) electrons. The zero-order valence-corrected chi connectivity index (χ0v) is 36.5. The first-order valence-electron chi connectivity index (χ1n) is 21.7. The van der Waals surface area contributed by atoms with E-state index in [1.165, 1.54) is 0 Å². The molecule has 4 aromatic carbocycles. The molecule has 12 heteroatoms. The molecule has 0 saturated carbocycles. The van der Waals surface area contributed by atoms with Crippen LogP contribution in [0.15, 0.2) is 24.3 Å². The Bertz CT molecular complexity index is 1850. The van der Waals surface area contributed by atoms with E-state index in [4.69, 9.17) is 37.9 Å². The first-order chi connectivity index (χ1) is 29.5. The predicted molar refractivity (Wildman–Crippen MR) is 228 cm³/mol. The van der Waals surface area contributed by atoms with E-state index < -0.39 is 0 Å². The van der Waals surface area contributed by atoms with Gasteiger partial charge >= 0.3 is 0 Å². The third-order valence-electron chi connectivity index (χ3n) is 13.1. The van der Waals surface area contributed by atoms with Crippen molar-refractivity contribution in [2.75, 3.05) is 27.2 Å². The van der Waals surface area contributed by atoms with Crippen molar-refractivity contribution in [3.05, 3.63) is 91.0 Å². The summed E-state index contributed by atoms with van der Waals surface area (Å²) in [5, 5.41) is 34.4. The van der Waals surface area contributed by atoms with Gasteiger partial charge in [0.05, 0.1) is 36.5 Å². The normalized spacial score (nSPS) is 20.3. The van der Waals surface area contributed by atoms with E-state index in [0.29, 0.717) is 68.0 Å². The van der Waals surface area contributed by atoms with Crippen LogP contribution in [0.1, 0.15) is 169 Å². The van der Waals surface area contributed by atoms with Gasteiger partial charge in [0.1, 0.15) is 46.0 Å². The Balaban J connectivity index is 1.50. The lowest BCUT2D eigenvalue weighted by Crippen LogP contribution is -2.25. The summed E-state index contributed by atoms with van der Waals surface area (Å²) in [6.45, 7) is 7.18. The average Bonchev–Trinajstić information content (AvgIpc) is 3.24. The van der Waals surface area contributed by atoms with Gasteiger partial charge in [-0.25, -0.2) is 0 Å². The molecule has 0 spiro atoms. The van der Waals surface area contributed by atoms with Gasteiger partial charge in [0.15, 0.2) is 0 Å². The number of hydrogen-bond donors (Lipinski definition) is 3. The van der Waals surface area contributed by atoms with Gasteiger partial charge in [0.2, 0.25) is 27.2 Å². The summed E-state index contributed by atoms with van der Waals surface area (Å²) in [7, 11) is 0. The number of aliphatic hydroxyl groups is 3. The fourth-order valence-electron chi connectivity index (χ4n) is 10.6. The lowest BCUT2D eigenvalue weighted by Gasteiger charge is -2.37. The Kier molecular flexibility index (Phi) is 11.7. The van der Waals surface area contributed by atoms with Crippen LogP contribution in [-0.4, -0.2) is 42.5 Å². The number of ether oxygens (including phenoxy) is 8. The van der Waals surface area contributed by atoms with Crippen LogP contribution in [0.2, 0.25) is 0 Å². The van der Waals surface area contributed by atoms with Crippen molar-refractivity contribution >= 4 is 15.9 Å². The molecular weight excluding hydrogens is 832 g/mol. The molecule has 5 aliphatic rings. The zero-order chi connectivity index (χ0) is 41.7. The average molecular weight is 888 g/mol. The van der Waals surface area contributed by atoms with Crippen molar-refractivity contribution in [1.29, 1.82) is 0 Å². The first kappa shape index (κ1) is 41.0. The Morgan fingerprint density at radius 3 is 0.750 bits per heavy atom. The highest BCUT2D eigenvalue weighted by Crippen LogP contribution is 2.58. The van der Waals surface area contributed by atoms with Crippen molar-refractivity contribution in [3.63, 3.8) is 0 Å². The van der Waals surface area contributed by atoms with E-state index in [1.54, 1.807) is 0 Å². The molecule has 0 amide bonds. The lowest BCUT2D eigenvalue weighted by molar-refractivity contribution is 0.0898. The van der Waals surface area contributed by atoms with Crippen LogP contribution >= 0.6 is 15.9 Å². The molecule has 0 saturated heterocycles. The minimum atomic E-state index is -0.337. The molecule has 8 bridgehead atoms. The molecule has 4 heterocycles. The number of rotatable bonds is 12. The van der Waals surface area contributed by atoms with E-state index in [-0.39, 0.29) is 70.7 Å². The van der Waals surface area contributed by atoms with Gasteiger partial charge in [-0.05, 0) is 49.9 Å². The van der Waals surface area contributed by atoms with E-state index in [2.05, 4.69) is 67.9 Å². The Morgan fingerprint density at radius 1 is 0.383 bits per heavy atom. The number of benzene rings is 4. The Hall–Kier alpha value is -4.36. The van der Waals surface area contributed by atoms with Crippen molar-refractivity contribution < 1.29 is 53.2 Å². The molecule has 320 valence electrons. The topological polar surface area (TPSA) is 135 Å². The van der Waals surface area contributed by atoms with Gasteiger partial charge < -0.3 is 53.2 Å². The molecule has 4 aliphatic heterocycles. The van der Waals surface area contributed by atoms with E-state index in [1.807, 2.05) is 0 Å². The van der Waals surface area contributed by atoms with Gasteiger partial charge in [-0.2, -0.15) is 0 Å². The van der Waals surface area contributed by atoms with Crippen molar-refractivity contribution in [2.45, 2.75) is 128 Å². The second kappa shape index (κ2) is 17.2. The minimum absolute atomic E-state index is 0.102. The largest absolute Gasteiger partial charge is 0.457 e. The molecule has 4 atom stereocenters. The summed E-state index contributed by atoms with van der Waals surface area (Å²) in [4.78, 5) is 0. The van der Waals surface area contributed by atoms with Crippen molar-refractivity contribution in [3.8, 4) is 46.0 Å². The molecule has 9 rings (SSSR count). The predicted octanol–water partition coefficient (Wildman–Crippen LogP) is 10.0. The standard InChI is InChI=1S/C48H55BrO11/c1-5-9-25-29-13-30-26(10-6-2)32-15-34-28(12-8-4)36-16-35-27(11-7-3)33-14-31(25)43-38(18-50)45(33)57-23-59-47(35)40(20-52)48(36)60-24-58-46(34)39(19-51)44(32)56-22-54-42(30)37(17-49)41(29)53-21-55-43/h13-16,25-28,50-52H,5-12,17-24H2,1-4H3/t25-,26-,27-,28-/m0/s1. The maximum atomic E-state index is 11.3. The molecule has 0 aromatic heterocycles. The summed E-state index contributed by atoms with van der Waals surface area (Å²) in [6, 6.07) is 8.99. The molecule has 3 N–H and O–H groups in total. The van der Waals surface area contributed by atoms with Crippen LogP contribution in [-0.2, 0) is 25.2 Å². The van der Waals surface area contributed by atoms with Crippen molar-refractivity contribution in [1.82, 2.24) is 0 Å². The molecule has 60 heavy (non-hydrogen) atoms. The van der Waals surface area contributed by atoms with Gasteiger partial charge in [-0.15, -0.1) is 0 Å². The van der Waals surface area contributed by atoms with Gasteiger partial charge in [-0.1, -0.05) is 69.3 Å². The second-order valence-corrected chi connectivity index (χ2v) is 16.9. The third kappa shape index (κ3) is 6.46. The fraction of sp³-hybridized carbons (Fsp3) is 0.500. The molecule has 4 aromatic rings. The number of alkyl halides is 1. The Morgan fingerprint density at radius 2 is 0.583 bits per heavy atom. The monoisotopic (exact) mass is 886 g/mol. The van der Waals surface area contributed by atoms with E-state index >= 15 is 0 Å². The van der Waals surface area contributed by atoms with Gasteiger partial charge in [0, 0.05) is 79.1 Å². The fourth-order valence-corrected chi connectivity index (χ4v) is 11.2. The molecule has 11 nitrogen and oxygen atoms in total. The summed E-state index contributed by atoms with van der Waals surface area (Å²) in [5.74, 6) is 3.75. The number of hydrogen-bond acceptors (Lipinski definition) is 11. The molecule has 0 fully saturated rings. The van der Waals surface area contributed by atoms with Crippen LogP contribution < -0.4 is 37.9 Å². The highest BCUT2D eigenvalue weighted by Gasteiger charge is 2.41. The second-order valence-electron chi connectivity index (χ2n) is 16.4. The van der Waals surface area contributed by atoms with Gasteiger partial charge in [0.25, 0.3) is 0 Å². The van der Waals surface area contributed by atoms with E-state index in [0.717, 1.165) is 101 Å². The maximum absolute atomic E-state index is 11.3. The summed E-state index contributed by atoms with van der Waals surface area (Å²) < 4.78 is 52.7. The summed E-state index contributed by atoms with van der Waals surface area (Å²) in [6.07, 6.45) is 6.41. The highest BCUT2D eigenvalue weighted by atomic mass is 79.9. The quantitative estimate of drug-likeness (QED) is 0.117. The van der Waals surface area contributed by atoms with Crippen LogP contribution in [0.4, 0.5) is 0 Å². The zero-order valence-electron chi connectivity index (χ0n) is 34.9. The summed E-state index contributed by atoms with van der Waals surface area (Å²) >= 11 is 3.85. The maximum Gasteiger partial charge on any atom is 0.230 e. The van der Waals surface area contributed by atoms with E-state index in [9.17, 15) is 15.3 Å². The van der Waals surface area contributed by atoms with Gasteiger partial charge in [-0.3, -0.25) is 0 Å². The first-order valence-corrected chi connectivity index (χ1v) is 22.8. The third-order valence-corrected chi connectivity index (χ3v) is 13.6. The van der Waals surface area contributed by atoms with Crippen LogP contribution in [0, 0.1) is 0 Å². The smallest absolute Gasteiger partial charge is 0.230 e.